The summed E-state index contributed by atoms with van der Waals surface area (Å²) < 4.78 is 48.7. The van der Waals surface area contributed by atoms with Gasteiger partial charge in [-0.2, -0.15) is 0 Å². The fourth-order valence-corrected chi connectivity index (χ4v) is 7.37. The van der Waals surface area contributed by atoms with Crippen molar-refractivity contribution >= 4 is 31.3 Å². The van der Waals surface area contributed by atoms with Gasteiger partial charge in [0.1, 0.15) is 0 Å². The van der Waals surface area contributed by atoms with Crippen molar-refractivity contribution in [1.29, 1.82) is 0 Å². The molecule has 1 saturated heterocycles. The van der Waals surface area contributed by atoms with Crippen molar-refractivity contribution in [3.63, 3.8) is 0 Å². The van der Waals surface area contributed by atoms with E-state index in [1.807, 2.05) is 6.07 Å². The molecule has 0 bridgehead atoms. The number of carbonyl (C=O) groups is 1. The van der Waals surface area contributed by atoms with Gasteiger partial charge >= 0.3 is 0 Å². The number of nitrogens with zero attached hydrogens (tertiary/aromatic N) is 1. The highest BCUT2D eigenvalue weighted by Gasteiger charge is 2.38. The van der Waals surface area contributed by atoms with Crippen molar-refractivity contribution in [2.75, 3.05) is 23.5 Å². The molecule has 1 atom stereocenters. The molecule has 1 amide bonds. The Morgan fingerprint density at radius 2 is 1.77 bits per heavy atom. The molecule has 138 valence electrons. The first-order chi connectivity index (χ1) is 12.2. The molecular formula is C18H19NO5S2. The van der Waals surface area contributed by atoms with Crippen LogP contribution in [0, 0.1) is 0 Å². The molecule has 1 heterocycles. The molecular weight excluding hydrogens is 374 g/mol. The monoisotopic (exact) mass is 393 g/mol. The van der Waals surface area contributed by atoms with Crippen molar-refractivity contribution in [2.45, 2.75) is 16.6 Å². The summed E-state index contributed by atoms with van der Waals surface area (Å²) in [6, 6.07) is 14.8. The minimum atomic E-state index is -3.81. The number of rotatable bonds is 4. The van der Waals surface area contributed by atoms with Crippen LogP contribution in [0.3, 0.4) is 0 Å². The summed E-state index contributed by atoms with van der Waals surface area (Å²) >= 11 is 0. The van der Waals surface area contributed by atoms with Gasteiger partial charge in [-0.25, -0.2) is 16.8 Å². The summed E-state index contributed by atoms with van der Waals surface area (Å²) in [5, 5.41) is -0.954. The van der Waals surface area contributed by atoms with Crippen molar-refractivity contribution in [1.82, 2.24) is 0 Å². The maximum atomic E-state index is 12.7. The fourth-order valence-electron chi connectivity index (χ4n) is 2.97. The van der Waals surface area contributed by atoms with Crippen LogP contribution in [0.1, 0.15) is 16.8 Å². The zero-order chi connectivity index (χ0) is 18.9. The van der Waals surface area contributed by atoms with Crippen LogP contribution in [0.4, 0.5) is 5.69 Å². The number of hydrogen-bond acceptors (Lipinski definition) is 5. The minimum absolute atomic E-state index is 0.0214. The minimum Gasteiger partial charge on any atom is -0.311 e. The van der Waals surface area contributed by atoms with Crippen molar-refractivity contribution in [3.05, 3.63) is 60.2 Å². The number of benzene rings is 2. The second-order valence-electron chi connectivity index (χ2n) is 6.30. The SMILES string of the molecule is CN(C(=O)c1cccc(S(=O)(=O)C2CCS(=O)(=O)C2)c1)c1ccccc1. The largest absolute Gasteiger partial charge is 0.311 e. The molecule has 0 N–H and O–H groups in total. The number of anilines is 1. The van der Waals surface area contributed by atoms with Crippen molar-refractivity contribution in [2.24, 2.45) is 0 Å². The first-order valence-corrected chi connectivity index (χ1v) is 11.4. The van der Waals surface area contributed by atoms with Gasteiger partial charge in [-0.05, 0) is 36.8 Å². The molecule has 0 aromatic heterocycles. The van der Waals surface area contributed by atoms with Crippen LogP contribution in [-0.2, 0) is 19.7 Å². The lowest BCUT2D eigenvalue weighted by atomic mass is 10.2. The molecule has 2 aromatic rings. The normalized spacial score (nSPS) is 19.2. The molecule has 0 spiro atoms. The van der Waals surface area contributed by atoms with Crippen LogP contribution >= 0.6 is 0 Å². The van der Waals surface area contributed by atoms with E-state index in [-0.39, 0.29) is 34.3 Å². The highest BCUT2D eigenvalue weighted by atomic mass is 32.2. The second kappa shape index (κ2) is 6.85. The zero-order valence-corrected chi connectivity index (χ0v) is 15.8. The average molecular weight is 393 g/mol. The predicted octanol–water partition coefficient (Wildman–Crippen LogP) is 1.92. The van der Waals surface area contributed by atoms with Gasteiger partial charge in [0.15, 0.2) is 19.7 Å². The highest BCUT2D eigenvalue weighted by molar-refractivity contribution is 7.96. The Morgan fingerprint density at radius 1 is 1.08 bits per heavy atom. The molecule has 26 heavy (non-hydrogen) atoms. The second-order valence-corrected chi connectivity index (χ2v) is 10.8. The topological polar surface area (TPSA) is 88.6 Å². The Hall–Kier alpha value is -2.19. The third-order valence-electron chi connectivity index (χ3n) is 4.49. The van der Waals surface area contributed by atoms with E-state index in [1.165, 1.54) is 23.1 Å². The van der Waals surface area contributed by atoms with E-state index in [2.05, 4.69) is 0 Å². The van der Waals surface area contributed by atoms with Crippen molar-refractivity contribution < 1.29 is 21.6 Å². The summed E-state index contributed by atoms with van der Waals surface area (Å²) in [4.78, 5) is 14.1. The van der Waals surface area contributed by atoms with Crippen LogP contribution in [0.25, 0.3) is 0 Å². The van der Waals surface area contributed by atoms with E-state index in [4.69, 9.17) is 0 Å². The van der Waals surface area contributed by atoms with Gasteiger partial charge in [0.05, 0.1) is 21.7 Å². The van der Waals surface area contributed by atoms with E-state index in [1.54, 1.807) is 37.4 Å². The maximum Gasteiger partial charge on any atom is 0.258 e. The molecule has 2 aromatic carbocycles. The van der Waals surface area contributed by atoms with E-state index in [0.717, 1.165) is 0 Å². The Labute approximate surface area is 153 Å². The number of para-hydroxylation sites is 1. The lowest BCUT2D eigenvalue weighted by molar-refractivity contribution is 0.0993. The first-order valence-electron chi connectivity index (χ1n) is 8.08. The Balaban J connectivity index is 1.90. The molecule has 1 fully saturated rings. The quantitative estimate of drug-likeness (QED) is 0.792. The fraction of sp³-hybridized carbons (Fsp3) is 0.278. The van der Waals surface area contributed by atoms with E-state index < -0.39 is 24.9 Å². The lowest BCUT2D eigenvalue weighted by Gasteiger charge is -2.18. The molecule has 0 aliphatic carbocycles. The smallest absolute Gasteiger partial charge is 0.258 e. The highest BCUT2D eigenvalue weighted by Crippen LogP contribution is 2.26. The Kier molecular flexibility index (Phi) is 4.90. The number of carbonyl (C=O) groups excluding carboxylic acids is 1. The van der Waals surface area contributed by atoms with E-state index in [0.29, 0.717) is 5.69 Å². The summed E-state index contributed by atoms with van der Waals surface area (Å²) in [7, 11) is -5.51. The van der Waals surface area contributed by atoms with Crippen LogP contribution in [0.5, 0.6) is 0 Å². The van der Waals surface area contributed by atoms with Gasteiger partial charge in [0, 0.05) is 18.3 Å². The molecule has 3 rings (SSSR count). The van der Waals surface area contributed by atoms with Gasteiger partial charge in [-0.15, -0.1) is 0 Å². The molecule has 1 aliphatic heterocycles. The van der Waals surface area contributed by atoms with Crippen LogP contribution in [0.15, 0.2) is 59.5 Å². The van der Waals surface area contributed by atoms with Gasteiger partial charge in [-0.3, -0.25) is 4.79 Å². The molecule has 1 unspecified atom stereocenters. The molecule has 0 radical (unpaired) electrons. The van der Waals surface area contributed by atoms with Crippen molar-refractivity contribution in [3.8, 4) is 0 Å². The molecule has 0 saturated carbocycles. The van der Waals surface area contributed by atoms with E-state index in [9.17, 15) is 21.6 Å². The Morgan fingerprint density at radius 3 is 2.38 bits per heavy atom. The van der Waals surface area contributed by atoms with Crippen LogP contribution < -0.4 is 4.90 Å². The standard InChI is InChI=1S/C18H19NO5S2/c1-19(15-7-3-2-4-8-15)18(20)14-6-5-9-16(12-14)26(23,24)17-10-11-25(21,22)13-17/h2-9,12,17H,10-11,13H2,1H3. The van der Waals surface area contributed by atoms with Gasteiger partial charge < -0.3 is 4.90 Å². The van der Waals surface area contributed by atoms with Crippen LogP contribution in [0.2, 0.25) is 0 Å². The lowest BCUT2D eigenvalue weighted by Crippen LogP contribution is -2.27. The third-order valence-corrected chi connectivity index (χ3v) is 8.66. The summed E-state index contributed by atoms with van der Waals surface area (Å²) in [5.74, 6) is -0.823. The number of sulfone groups is 2. The van der Waals surface area contributed by atoms with Gasteiger partial charge in [-0.1, -0.05) is 24.3 Å². The predicted molar refractivity (Wildman–Crippen MR) is 99.9 cm³/mol. The van der Waals surface area contributed by atoms with Gasteiger partial charge in [0.2, 0.25) is 0 Å². The van der Waals surface area contributed by atoms with E-state index >= 15 is 0 Å². The first kappa shape index (κ1) is 18.6. The molecule has 1 aliphatic rings. The summed E-state index contributed by atoms with van der Waals surface area (Å²) in [6.45, 7) is 0. The Bertz CT molecular complexity index is 1030. The molecule has 8 heteroatoms. The van der Waals surface area contributed by atoms with Crippen LogP contribution in [-0.4, -0.2) is 46.5 Å². The average Bonchev–Trinajstić information content (AvgIpc) is 3.02. The third kappa shape index (κ3) is 3.66. The molecule has 6 nitrogen and oxygen atoms in total. The number of hydrogen-bond donors (Lipinski definition) is 0. The summed E-state index contributed by atoms with van der Waals surface area (Å²) in [6.07, 6.45) is 0.0900. The summed E-state index contributed by atoms with van der Waals surface area (Å²) in [5.41, 5.74) is 0.922. The van der Waals surface area contributed by atoms with Gasteiger partial charge in [0.25, 0.3) is 5.91 Å². The number of amides is 1. The maximum absolute atomic E-state index is 12.7. The zero-order valence-electron chi connectivity index (χ0n) is 14.2.